The summed E-state index contributed by atoms with van der Waals surface area (Å²) < 4.78 is 2.38. The number of aromatic nitrogens is 4. The summed E-state index contributed by atoms with van der Waals surface area (Å²) >= 11 is 3.44. The van der Waals surface area contributed by atoms with Gasteiger partial charge in [-0.05, 0) is 74.8 Å². The highest BCUT2D eigenvalue weighted by Crippen LogP contribution is 2.45. The minimum absolute atomic E-state index is 0.695. The van der Waals surface area contributed by atoms with E-state index in [1.807, 2.05) is 6.07 Å². The van der Waals surface area contributed by atoms with Gasteiger partial charge in [0.15, 0.2) is 11.6 Å². The van der Waals surface area contributed by atoms with E-state index in [2.05, 4.69) is 224 Å². The van der Waals surface area contributed by atoms with E-state index >= 15 is 0 Å². The monoisotopic (exact) mass is 902 g/mol. The number of benzene rings is 9. The SMILES string of the molecule is c1ccc(-c2cccc(-c3nc(-c4ccccc4-c4ccccc4-c4cccc(-c5nc(-c6cccc(-c7ccccc7)c6)c6c(n5)sc5ccccc56)c4)c4c(n3)sc3ccccc34)c2)cc1. The lowest BCUT2D eigenvalue weighted by atomic mass is 9.89. The third-order valence-electron chi connectivity index (χ3n) is 12.8. The van der Waals surface area contributed by atoms with Gasteiger partial charge in [-0.25, -0.2) is 19.9 Å². The van der Waals surface area contributed by atoms with E-state index < -0.39 is 0 Å². The summed E-state index contributed by atoms with van der Waals surface area (Å²) in [6, 6.07) is 81.6. The van der Waals surface area contributed by atoms with E-state index in [0.717, 1.165) is 98.4 Å². The molecule has 0 spiro atoms. The average molecular weight is 903 g/mol. The molecule has 13 rings (SSSR count). The quantitative estimate of drug-likeness (QED) is 0.152. The van der Waals surface area contributed by atoms with E-state index in [1.54, 1.807) is 22.7 Å². The number of hydrogen-bond donors (Lipinski definition) is 0. The first-order valence-electron chi connectivity index (χ1n) is 22.7. The van der Waals surface area contributed by atoms with Crippen molar-refractivity contribution in [1.82, 2.24) is 19.9 Å². The van der Waals surface area contributed by atoms with Crippen molar-refractivity contribution in [2.75, 3.05) is 0 Å². The van der Waals surface area contributed by atoms with E-state index in [0.29, 0.717) is 11.6 Å². The van der Waals surface area contributed by atoms with Gasteiger partial charge in [0.1, 0.15) is 9.66 Å². The second-order valence-corrected chi connectivity index (χ2v) is 19.0. The molecule has 318 valence electrons. The van der Waals surface area contributed by atoms with Crippen LogP contribution in [0.25, 0.3) is 130 Å². The molecule has 0 aliphatic carbocycles. The maximum absolute atomic E-state index is 5.52. The summed E-state index contributed by atoms with van der Waals surface area (Å²) in [4.78, 5) is 23.5. The molecule has 0 atom stereocenters. The first-order valence-corrected chi connectivity index (χ1v) is 24.3. The summed E-state index contributed by atoms with van der Waals surface area (Å²) in [6.45, 7) is 0. The van der Waals surface area contributed by atoms with Crippen LogP contribution >= 0.6 is 22.7 Å². The van der Waals surface area contributed by atoms with Crippen molar-refractivity contribution in [1.29, 1.82) is 0 Å². The Bertz CT molecular complexity index is 4040. The summed E-state index contributed by atoms with van der Waals surface area (Å²) in [7, 11) is 0. The molecule has 0 aliphatic heterocycles. The number of thiophene rings is 2. The van der Waals surface area contributed by atoms with Gasteiger partial charge >= 0.3 is 0 Å². The van der Waals surface area contributed by atoms with Gasteiger partial charge < -0.3 is 0 Å². The molecule has 0 saturated heterocycles. The summed E-state index contributed by atoms with van der Waals surface area (Å²) in [5.41, 5.74) is 14.9. The molecule has 6 heteroatoms. The molecule has 4 nitrogen and oxygen atoms in total. The number of rotatable bonds is 8. The largest absolute Gasteiger partial charge is 0.227 e. The molecule has 13 aromatic rings. The number of hydrogen-bond acceptors (Lipinski definition) is 6. The van der Waals surface area contributed by atoms with Crippen LogP contribution in [0, 0.1) is 0 Å². The number of nitrogens with zero attached hydrogens (tertiary/aromatic N) is 4. The standard InChI is InChI=1S/C62H38N4S2/c1-3-18-39(19-4-1)41-22-15-25-44(36-41)57-55-51-32-11-13-34-53(51)67-61(55)65-59(63-57)46-27-17-24-43(38-46)47-28-7-8-29-48(47)49-30-9-10-31-50(49)58-56-52-33-12-14-35-54(52)68-62(56)66-60(64-58)45-26-16-23-42(37-45)40-20-5-2-6-21-40/h1-38H. The second-order valence-electron chi connectivity index (χ2n) is 16.9. The molecule has 0 bridgehead atoms. The molecule has 4 aromatic heterocycles. The molecule has 68 heavy (non-hydrogen) atoms. The van der Waals surface area contributed by atoms with Gasteiger partial charge in [0.25, 0.3) is 0 Å². The zero-order valence-electron chi connectivity index (χ0n) is 36.5. The van der Waals surface area contributed by atoms with Gasteiger partial charge in [0.05, 0.1) is 11.4 Å². The molecular weight excluding hydrogens is 865 g/mol. The molecular formula is C62H38N4S2. The number of fused-ring (bicyclic) bond motifs is 6. The zero-order chi connectivity index (χ0) is 45.0. The molecule has 0 fully saturated rings. The van der Waals surface area contributed by atoms with Crippen LogP contribution in [0.15, 0.2) is 231 Å². The first-order chi connectivity index (χ1) is 33.7. The molecule has 0 N–H and O–H groups in total. The van der Waals surface area contributed by atoms with E-state index in [9.17, 15) is 0 Å². The van der Waals surface area contributed by atoms with Crippen LogP contribution in [0.3, 0.4) is 0 Å². The fourth-order valence-electron chi connectivity index (χ4n) is 9.57. The normalized spacial score (nSPS) is 11.5. The van der Waals surface area contributed by atoms with Crippen molar-refractivity contribution in [3.05, 3.63) is 231 Å². The van der Waals surface area contributed by atoms with Gasteiger partial charge in [-0.2, -0.15) is 0 Å². The molecule has 0 amide bonds. The van der Waals surface area contributed by atoms with E-state index in [4.69, 9.17) is 19.9 Å². The Labute approximate surface area is 401 Å². The highest BCUT2D eigenvalue weighted by atomic mass is 32.1. The fraction of sp³-hybridized carbons (Fsp3) is 0. The first kappa shape index (κ1) is 39.9. The van der Waals surface area contributed by atoms with E-state index in [1.165, 1.54) is 20.3 Å². The molecule has 0 radical (unpaired) electrons. The van der Waals surface area contributed by atoms with Gasteiger partial charge in [-0.1, -0.05) is 200 Å². The van der Waals surface area contributed by atoms with Crippen LogP contribution < -0.4 is 0 Å². The third-order valence-corrected chi connectivity index (χ3v) is 14.9. The minimum atomic E-state index is 0.695. The van der Waals surface area contributed by atoms with Crippen molar-refractivity contribution in [2.24, 2.45) is 0 Å². The lowest BCUT2D eigenvalue weighted by molar-refractivity contribution is 1.24. The predicted molar refractivity (Wildman–Crippen MR) is 287 cm³/mol. The Morgan fingerprint density at radius 3 is 1.22 bits per heavy atom. The third kappa shape index (κ3) is 7.06. The lowest BCUT2D eigenvalue weighted by Crippen LogP contribution is -1.96. The molecule has 0 saturated carbocycles. The van der Waals surface area contributed by atoms with Crippen molar-refractivity contribution in [3.8, 4) is 89.8 Å². The highest BCUT2D eigenvalue weighted by Gasteiger charge is 2.22. The smallest absolute Gasteiger partial charge is 0.161 e. The lowest BCUT2D eigenvalue weighted by Gasteiger charge is -2.16. The van der Waals surface area contributed by atoms with Crippen LogP contribution in [0.1, 0.15) is 0 Å². The van der Waals surface area contributed by atoms with Gasteiger partial charge in [0.2, 0.25) is 0 Å². The molecule has 0 aliphatic rings. The van der Waals surface area contributed by atoms with Gasteiger partial charge in [-0.3, -0.25) is 0 Å². The van der Waals surface area contributed by atoms with Crippen LogP contribution in [0.2, 0.25) is 0 Å². The Morgan fingerprint density at radius 1 is 0.250 bits per heavy atom. The molecule has 9 aromatic carbocycles. The average Bonchev–Trinajstić information content (AvgIpc) is 4.00. The van der Waals surface area contributed by atoms with Gasteiger partial charge in [0, 0.05) is 53.2 Å². The van der Waals surface area contributed by atoms with Crippen molar-refractivity contribution < 1.29 is 0 Å². The zero-order valence-corrected chi connectivity index (χ0v) is 38.2. The summed E-state index contributed by atoms with van der Waals surface area (Å²) in [5, 5.41) is 4.48. The van der Waals surface area contributed by atoms with Crippen LogP contribution in [0.4, 0.5) is 0 Å². The van der Waals surface area contributed by atoms with Crippen molar-refractivity contribution in [2.45, 2.75) is 0 Å². The fourth-order valence-corrected chi connectivity index (χ4v) is 11.7. The predicted octanol–water partition coefficient (Wildman–Crippen LogP) is 17.3. The second kappa shape index (κ2) is 16.8. The summed E-state index contributed by atoms with van der Waals surface area (Å²) in [5.74, 6) is 1.40. The minimum Gasteiger partial charge on any atom is -0.227 e. The maximum Gasteiger partial charge on any atom is 0.161 e. The van der Waals surface area contributed by atoms with Crippen molar-refractivity contribution in [3.63, 3.8) is 0 Å². The van der Waals surface area contributed by atoms with Crippen LogP contribution in [0.5, 0.6) is 0 Å². The van der Waals surface area contributed by atoms with Crippen molar-refractivity contribution >= 4 is 63.3 Å². The maximum atomic E-state index is 5.52. The van der Waals surface area contributed by atoms with E-state index in [-0.39, 0.29) is 0 Å². The van der Waals surface area contributed by atoms with Crippen LogP contribution in [-0.2, 0) is 0 Å². The Morgan fingerprint density at radius 2 is 0.632 bits per heavy atom. The Hall–Kier alpha value is -8.42. The Kier molecular flexibility index (Phi) is 9.85. The highest BCUT2D eigenvalue weighted by molar-refractivity contribution is 7.26. The Balaban J connectivity index is 0.958. The topological polar surface area (TPSA) is 51.6 Å². The molecule has 4 heterocycles. The summed E-state index contributed by atoms with van der Waals surface area (Å²) in [6.07, 6.45) is 0. The van der Waals surface area contributed by atoms with Gasteiger partial charge in [-0.15, -0.1) is 22.7 Å². The van der Waals surface area contributed by atoms with Crippen LogP contribution in [-0.4, -0.2) is 19.9 Å². The molecule has 0 unspecified atom stereocenters.